The van der Waals surface area contributed by atoms with Crippen LogP contribution in [0.2, 0.25) is 0 Å². The Kier molecular flexibility index (Phi) is 8.53. The molecule has 0 aliphatic rings. The molecule has 0 bridgehead atoms. The molecule has 0 spiro atoms. The zero-order valence-electron chi connectivity index (χ0n) is 25.4. The second-order valence-corrected chi connectivity index (χ2v) is 11.9. The summed E-state index contributed by atoms with van der Waals surface area (Å²) in [6.45, 7) is 5.84. The molecule has 3 aromatic heterocycles. The van der Waals surface area contributed by atoms with E-state index in [-0.39, 0.29) is 16.9 Å². The highest BCUT2D eigenvalue weighted by Crippen LogP contribution is 2.32. The molecule has 0 saturated heterocycles. The van der Waals surface area contributed by atoms with Gasteiger partial charge in [-0.1, -0.05) is 49.4 Å². The van der Waals surface area contributed by atoms with Gasteiger partial charge < -0.3 is 15.8 Å². The Balaban J connectivity index is 1.42. The zero-order chi connectivity index (χ0) is 32.4. The average molecular weight is 635 g/mol. The van der Waals surface area contributed by atoms with Gasteiger partial charge in [0.1, 0.15) is 22.8 Å². The van der Waals surface area contributed by atoms with Crippen LogP contribution in [0.5, 0.6) is 0 Å². The lowest BCUT2D eigenvalue weighted by molar-refractivity contribution is 0.630. The van der Waals surface area contributed by atoms with E-state index in [4.69, 9.17) is 10.7 Å². The molecule has 46 heavy (non-hydrogen) atoms. The molecule has 3 heterocycles. The first-order valence-electron chi connectivity index (χ1n) is 14.6. The number of nitrogen functional groups attached to an aromatic ring is 1. The molecule has 3 aromatic carbocycles. The molecule has 0 fully saturated rings. The van der Waals surface area contributed by atoms with Crippen molar-refractivity contribution >= 4 is 39.3 Å². The summed E-state index contributed by atoms with van der Waals surface area (Å²) in [5.41, 5.74) is 10.2. The fourth-order valence-electron chi connectivity index (χ4n) is 5.29. The largest absolute Gasteiger partial charge is 0.368 e. The van der Waals surface area contributed by atoms with Crippen LogP contribution in [-0.4, -0.2) is 28.7 Å². The van der Waals surface area contributed by atoms with Crippen molar-refractivity contribution in [3.8, 4) is 16.8 Å². The number of benzene rings is 3. The van der Waals surface area contributed by atoms with E-state index in [1.54, 1.807) is 48.8 Å². The first-order valence-corrected chi connectivity index (χ1v) is 15.8. The maximum absolute atomic E-state index is 14.9. The second-order valence-electron chi connectivity index (χ2n) is 10.7. The number of pyridine rings is 1. The zero-order valence-corrected chi connectivity index (χ0v) is 26.2. The minimum Gasteiger partial charge on any atom is -0.368 e. The third-order valence-electron chi connectivity index (χ3n) is 7.64. The number of nitrogens with one attached hydrogen (secondary N) is 2. The number of hydrogen-bond donors (Lipinski definition) is 3. The van der Waals surface area contributed by atoms with Gasteiger partial charge in [0.25, 0.3) is 5.56 Å². The molecule has 0 radical (unpaired) electrons. The van der Waals surface area contributed by atoms with Crippen molar-refractivity contribution in [2.45, 2.75) is 38.1 Å². The topological polar surface area (TPSA) is 141 Å². The van der Waals surface area contributed by atoms with Crippen LogP contribution in [0.15, 0.2) is 101 Å². The van der Waals surface area contributed by atoms with Crippen LogP contribution in [0.3, 0.4) is 0 Å². The van der Waals surface area contributed by atoms with Crippen LogP contribution >= 0.6 is 0 Å². The predicted molar refractivity (Wildman–Crippen MR) is 180 cm³/mol. The maximum Gasteiger partial charge on any atom is 0.269 e. The van der Waals surface area contributed by atoms with Crippen LogP contribution < -0.4 is 21.3 Å². The van der Waals surface area contributed by atoms with Gasteiger partial charge in [-0.2, -0.15) is 4.98 Å². The molecule has 0 saturated carbocycles. The molecule has 12 heteroatoms. The second kappa shape index (κ2) is 12.9. The number of para-hydroxylation sites is 2. The summed E-state index contributed by atoms with van der Waals surface area (Å²) in [6.07, 6.45) is 5.20. The van der Waals surface area contributed by atoms with Crippen LogP contribution in [-0.2, 0) is 11.0 Å². The number of hydrogen-bond acceptors (Lipinski definition) is 8. The number of nitrogens with zero attached hydrogens (tertiary/aromatic N) is 5. The highest BCUT2D eigenvalue weighted by Gasteiger charge is 2.24. The fraction of sp³-hybridized carbons (Fsp3) is 0.147. The van der Waals surface area contributed by atoms with E-state index >= 15 is 0 Å². The van der Waals surface area contributed by atoms with E-state index in [0.29, 0.717) is 39.8 Å². The van der Waals surface area contributed by atoms with Crippen molar-refractivity contribution < 1.29 is 8.60 Å². The molecule has 2 unspecified atom stereocenters. The molecule has 6 rings (SSSR count). The fourth-order valence-corrected chi connectivity index (χ4v) is 6.31. The lowest BCUT2D eigenvalue weighted by Gasteiger charge is -2.23. The van der Waals surface area contributed by atoms with Crippen molar-refractivity contribution in [3.63, 3.8) is 0 Å². The van der Waals surface area contributed by atoms with Crippen LogP contribution in [0.1, 0.15) is 36.3 Å². The summed E-state index contributed by atoms with van der Waals surface area (Å²) in [7, 11) is -1.61. The monoisotopic (exact) mass is 634 g/mol. The van der Waals surface area contributed by atoms with Gasteiger partial charge in [0.2, 0.25) is 5.95 Å². The highest BCUT2D eigenvalue weighted by atomic mass is 32.2. The summed E-state index contributed by atoms with van der Waals surface area (Å²) >= 11 is 0. The molecule has 0 aliphatic heterocycles. The van der Waals surface area contributed by atoms with Crippen molar-refractivity contribution in [2.24, 2.45) is 0 Å². The first kappa shape index (κ1) is 30.5. The number of aromatic nitrogens is 5. The van der Waals surface area contributed by atoms with E-state index in [9.17, 15) is 13.4 Å². The van der Waals surface area contributed by atoms with Gasteiger partial charge in [-0.05, 0) is 61.7 Å². The third-order valence-corrected chi connectivity index (χ3v) is 8.68. The van der Waals surface area contributed by atoms with Gasteiger partial charge in [0, 0.05) is 29.7 Å². The van der Waals surface area contributed by atoms with E-state index in [0.717, 1.165) is 16.8 Å². The number of aryl methyl sites for hydroxylation is 2. The number of anilines is 3. The molecule has 2 atom stereocenters. The number of fused-ring (bicyclic) bond motifs is 1. The Morgan fingerprint density at radius 3 is 2.43 bits per heavy atom. The Labute approximate surface area is 267 Å². The van der Waals surface area contributed by atoms with Gasteiger partial charge in [0.15, 0.2) is 11.0 Å². The molecular formula is C34H31FN8O2S. The van der Waals surface area contributed by atoms with Gasteiger partial charge in [-0.15, -0.1) is 0 Å². The number of rotatable bonds is 9. The van der Waals surface area contributed by atoms with Crippen molar-refractivity contribution in [2.75, 3.05) is 15.8 Å². The van der Waals surface area contributed by atoms with E-state index in [1.165, 1.54) is 22.9 Å². The van der Waals surface area contributed by atoms with Crippen LogP contribution in [0, 0.1) is 19.7 Å². The van der Waals surface area contributed by atoms with Gasteiger partial charge in [-0.25, -0.2) is 18.6 Å². The van der Waals surface area contributed by atoms with Crippen LogP contribution in [0.25, 0.3) is 27.7 Å². The molecular weight excluding hydrogens is 603 g/mol. The number of nitrogens with two attached hydrogens (primary N) is 1. The lowest BCUT2D eigenvalue weighted by atomic mass is 10.1. The van der Waals surface area contributed by atoms with E-state index in [2.05, 4.69) is 25.0 Å². The van der Waals surface area contributed by atoms with Gasteiger partial charge in [0.05, 0.1) is 27.8 Å². The standard InChI is InChI=1S/C34H31FN8O2S/c1-4-27(32-40-28-15-9-14-26(35)29(28)33(44)43(32)23-12-6-5-7-13-23)39-31-25(19-38-34(36)41-31)22-16-24(18-37-17-22)46(45)42-30-20(2)10-8-11-21(30)3/h5-19,27,42H,4H2,1-3H3,(H3,36,38,39,41). The maximum atomic E-state index is 14.9. The minimum absolute atomic E-state index is 0.0273. The Bertz CT molecular complexity index is 2140. The molecule has 6 aromatic rings. The molecule has 232 valence electrons. The quantitative estimate of drug-likeness (QED) is 0.169. The SMILES string of the molecule is CCC(Nc1nc(N)ncc1-c1cncc(S(=O)Nc2c(C)cccc2C)c1)c1nc2cccc(F)c2c(=O)n1-c1ccccc1. The van der Waals surface area contributed by atoms with Crippen molar-refractivity contribution in [1.29, 1.82) is 0 Å². The van der Waals surface area contributed by atoms with Crippen molar-refractivity contribution in [3.05, 3.63) is 125 Å². The Hall–Kier alpha value is -5.49. The first-order chi connectivity index (χ1) is 22.2. The van der Waals surface area contributed by atoms with Gasteiger partial charge >= 0.3 is 0 Å². The predicted octanol–water partition coefficient (Wildman–Crippen LogP) is 6.27. The molecule has 4 N–H and O–H groups in total. The summed E-state index contributed by atoms with van der Waals surface area (Å²) in [4.78, 5) is 32.1. The molecule has 10 nitrogen and oxygen atoms in total. The average Bonchev–Trinajstić information content (AvgIpc) is 3.05. The highest BCUT2D eigenvalue weighted by molar-refractivity contribution is 7.86. The Morgan fingerprint density at radius 2 is 1.70 bits per heavy atom. The Morgan fingerprint density at radius 1 is 0.957 bits per heavy atom. The summed E-state index contributed by atoms with van der Waals surface area (Å²) < 4.78 is 32.8. The summed E-state index contributed by atoms with van der Waals surface area (Å²) in [5, 5.41) is 3.31. The normalized spacial score (nSPS) is 12.5. The lowest BCUT2D eigenvalue weighted by Crippen LogP contribution is -2.29. The number of halogens is 1. The smallest absolute Gasteiger partial charge is 0.269 e. The van der Waals surface area contributed by atoms with Crippen LogP contribution in [0.4, 0.5) is 21.8 Å². The van der Waals surface area contributed by atoms with Crippen molar-refractivity contribution in [1.82, 2.24) is 24.5 Å². The molecule has 0 amide bonds. The van der Waals surface area contributed by atoms with Gasteiger partial charge in [-0.3, -0.25) is 14.3 Å². The summed E-state index contributed by atoms with van der Waals surface area (Å²) in [5.74, 6) is 0.111. The van der Waals surface area contributed by atoms with E-state index < -0.39 is 28.4 Å². The minimum atomic E-state index is -1.61. The summed E-state index contributed by atoms with van der Waals surface area (Å²) in [6, 6.07) is 20.4. The van der Waals surface area contributed by atoms with E-state index in [1.807, 2.05) is 45.0 Å². The third kappa shape index (κ3) is 5.94. The molecule has 0 aliphatic carbocycles.